The van der Waals surface area contributed by atoms with Crippen LogP contribution < -0.4 is 16.4 Å². The number of rotatable bonds is 4. The molecule has 2 amide bonds. The van der Waals surface area contributed by atoms with E-state index < -0.39 is 0 Å². The van der Waals surface area contributed by atoms with Crippen LogP contribution in [0.4, 0.5) is 10.5 Å². The molecule has 0 aliphatic heterocycles. The maximum atomic E-state index is 11.6. The van der Waals surface area contributed by atoms with Crippen molar-refractivity contribution < 1.29 is 4.79 Å². The Morgan fingerprint density at radius 1 is 1.33 bits per heavy atom. The number of hydrogen-bond donors (Lipinski definition) is 3. The number of carbonyl (C=O) groups is 1. The molecule has 1 aromatic rings. The topological polar surface area (TPSA) is 67.1 Å². The zero-order chi connectivity index (χ0) is 13.1. The molecule has 1 saturated carbocycles. The summed E-state index contributed by atoms with van der Waals surface area (Å²) < 4.78 is 0. The first-order chi connectivity index (χ1) is 8.54. The van der Waals surface area contributed by atoms with Crippen LogP contribution in [0.25, 0.3) is 0 Å². The van der Waals surface area contributed by atoms with Gasteiger partial charge in [0.1, 0.15) is 0 Å². The summed E-state index contributed by atoms with van der Waals surface area (Å²) in [5, 5.41) is 6.35. The van der Waals surface area contributed by atoms with Crippen molar-refractivity contribution in [2.75, 3.05) is 11.9 Å². The molecule has 1 fully saturated rings. The smallest absolute Gasteiger partial charge is 0.319 e. The van der Waals surface area contributed by atoms with Crippen LogP contribution in [0.5, 0.6) is 0 Å². The van der Waals surface area contributed by atoms with Crippen LogP contribution in [0.3, 0.4) is 0 Å². The summed E-state index contributed by atoms with van der Waals surface area (Å²) in [7, 11) is 0. The van der Waals surface area contributed by atoms with E-state index in [0.717, 1.165) is 12.8 Å². The third-order valence-electron chi connectivity index (χ3n) is 2.85. The fourth-order valence-corrected chi connectivity index (χ4v) is 2.23. The van der Waals surface area contributed by atoms with Gasteiger partial charge in [-0.15, -0.1) is 0 Å². The number of amides is 2. The van der Waals surface area contributed by atoms with E-state index in [-0.39, 0.29) is 12.1 Å². The van der Waals surface area contributed by atoms with Crippen molar-refractivity contribution in [1.29, 1.82) is 0 Å². The maximum Gasteiger partial charge on any atom is 0.319 e. The second-order valence-electron chi connectivity index (χ2n) is 4.49. The number of hydrogen-bond acceptors (Lipinski definition) is 2. The molecule has 4 nitrogen and oxygen atoms in total. The summed E-state index contributed by atoms with van der Waals surface area (Å²) in [5.74, 6) is 0.561. The predicted molar refractivity (Wildman–Crippen MR) is 74.2 cm³/mol. The van der Waals surface area contributed by atoms with E-state index in [1.807, 2.05) is 0 Å². The van der Waals surface area contributed by atoms with Gasteiger partial charge < -0.3 is 16.4 Å². The largest absolute Gasteiger partial charge is 0.336 e. The third kappa shape index (κ3) is 4.05. The number of benzene rings is 1. The van der Waals surface area contributed by atoms with Crippen molar-refractivity contribution in [3.63, 3.8) is 0 Å². The number of nitrogens with one attached hydrogen (secondary N) is 2. The quantitative estimate of drug-likeness (QED) is 0.797. The first-order valence-corrected chi connectivity index (χ1v) is 6.57. The van der Waals surface area contributed by atoms with E-state index in [2.05, 4.69) is 10.6 Å². The summed E-state index contributed by atoms with van der Waals surface area (Å²) in [4.78, 5) is 11.6. The van der Waals surface area contributed by atoms with Gasteiger partial charge in [-0.25, -0.2) is 4.79 Å². The van der Waals surface area contributed by atoms with Crippen LogP contribution in [0.15, 0.2) is 18.2 Å². The van der Waals surface area contributed by atoms with Crippen molar-refractivity contribution in [3.05, 3.63) is 28.2 Å². The van der Waals surface area contributed by atoms with Crippen LogP contribution in [0, 0.1) is 5.92 Å². The Kier molecular flexibility index (Phi) is 4.32. The molecule has 1 aliphatic carbocycles. The molecule has 2 rings (SSSR count). The van der Waals surface area contributed by atoms with Crippen LogP contribution in [-0.4, -0.2) is 18.6 Å². The van der Waals surface area contributed by atoms with Crippen LogP contribution in [0.1, 0.15) is 12.8 Å². The molecular formula is C12H15Cl2N3O. The Hall–Kier alpha value is -0.970. The van der Waals surface area contributed by atoms with E-state index in [1.165, 1.54) is 0 Å². The van der Waals surface area contributed by atoms with Gasteiger partial charge in [-0.3, -0.25) is 0 Å². The molecule has 1 atom stereocenters. The van der Waals surface area contributed by atoms with Gasteiger partial charge in [0.2, 0.25) is 0 Å². The van der Waals surface area contributed by atoms with Crippen molar-refractivity contribution in [1.82, 2.24) is 5.32 Å². The minimum atomic E-state index is -0.301. The Balaban J connectivity index is 1.82. The standard InChI is InChI=1S/C12H15Cl2N3O/c13-8-3-9(14)5-10(4-8)17-12(18)16-6-11(15)7-1-2-7/h3-5,7,11H,1-2,6,15H2,(H2,16,17,18). The monoisotopic (exact) mass is 287 g/mol. The molecule has 98 valence electrons. The summed E-state index contributed by atoms with van der Waals surface area (Å²) in [6.07, 6.45) is 2.32. The molecule has 18 heavy (non-hydrogen) atoms. The molecule has 0 spiro atoms. The molecule has 1 unspecified atom stereocenters. The average Bonchev–Trinajstić information content (AvgIpc) is 3.08. The van der Waals surface area contributed by atoms with Crippen LogP contribution >= 0.6 is 23.2 Å². The number of halogens is 2. The molecule has 0 saturated heterocycles. The number of carbonyl (C=O) groups excluding carboxylic acids is 1. The van der Waals surface area contributed by atoms with Crippen molar-refractivity contribution in [2.45, 2.75) is 18.9 Å². The zero-order valence-electron chi connectivity index (χ0n) is 9.75. The van der Waals surface area contributed by atoms with Gasteiger partial charge in [0.05, 0.1) is 0 Å². The lowest BCUT2D eigenvalue weighted by molar-refractivity contribution is 0.251. The lowest BCUT2D eigenvalue weighted by atomic mass is 10.2. The molecule has 0 heterocycles. The summed E-state index contributed by atoms with van der Waals surface area (Å²) in [5.41, 5.74) is 6.44. The van der Waals surface area contributed by atoms with Gasteiger partial charge in [0, 0.05) is 28.3 Å². The molecule has 1 aliphatic rings. The Labute approximate surface area is 116 Å². The molecular weight excluding hydrogens is 273 g/mol. The maximum absolute atomic E-state index is 11.6. The van der Waals surface area contributed by atoms with Gasteiger partial charge >= 0.3 is 6.03 Å². The van der Waals surface area contributed by atoms with Gasteiger partial charge in [0.25, 0.3) is 0 Å². The van der Waals surface area contributed by atoms with E-state index in [1.54, 1.807) is 18.2 Å². The minimum absolute atomic E-state index is 0.0405. The fraction of sp³-hybridized carbons (Fsp3) is 0.417. The molecule has 1 aromatic carbocycles. The van der Waals surface area contributed by atoms with Crippen molar-refractivity contribution in [2.24, 2.45) is 11.7 Å². The Morgan fingerprint density at radius 3 is 2.50 bits per heavy atom. The van der Waals surface area contributed by atoms with E-state index in [0.29, 0.717) is 28.2 Å². The van der Waals surface area contributed by atoms with Crippen LogP contribution in [-0.2, 0) is 0 Å². The second-order valence-corrected chi connectivity index (χ2v) is 5.37. The average molecular weight is 288 g/mol. The van der Waals surface area contributed by atoms with Crippen molar-refractivity contribution >= 4 is 34.9 Å². The normalized spacial score (nSPS) is 16.2. The predicted octanol–water partition coefficient (Wildman–Crippen LogP) is 2.85. The van der Waals surface area contributed by atoms with Gasteiger partial charge in [-0.2, -0.15) is 0 Å². The zero-order valence-corrected chi connectivity index (χ0v) is 11.3. The third-order valence-corrected chi connectivity index (χ3v) is 3.28. The second kappa shape index (κ2) is 5.78. The molecule has 0 bridgehead atoms. The molecule has 4 N–H and O–H groups in total. The van der Waals surface area contributed by atoms with Gasteiger partial charge in [-0.1, -0.05) is 23.2 Å². The summed E-state index contributed by atoms with van der Waals surface area (Å²) >= 11 is 11.7. The number of anilines is 1. The molecule has 6 heteroatoms. The van der Waals surface area contributed by atoms with Crippen molar-refractivity contribution in [3.8, 4) is 0 Å². The van der Waals surface area contributed by atoms with E-state index >= 15 is 0 Å². The Morgan fingerprint density at radius 2 is 1.94 bits per heavy atom. The first kappa shape index (κ1) is 13.5. The number of urea groups is 1. The van der Waals surface area contributed by atoms with Crippen LogP contribution in [0.2, 0.25) is 10.0 Å². The van der Waals surface area contributed by atoms with E-state index in [4.69, 9.17) is 28.9 Å². The summed E-state index contributed by atoms with van der Waals surface area (Å²) in [6.45, 7) is 0.477. The highest BCUT2D eigenvalue weighted by Crippen LogP contribution is 2.31. The fourth-order valence-electron chi connectivity index (χ4n) is 1.70. The molecule has 0 aromatic heterocycles. The number of nitrogens with two attached hydrogens (primary N) is 1. The lowest BCUT2D eigenvalue weighted by Crippen LogP contribution is -2.40. The minimum Gasteiger partial charge on any atom is -0.336 e. The highest BCUT2D eigenvalue weighted by molar-refractivity contribution is 6.35. The Bertz CT molecular complexity index is 429. The van der Waals surface area contributed by atoms with Gasteiger partial charge in [0.15, 0.2) is 0 Å². The highest BCUT2D eigenvalue weighted by atomic mass is 35.5. The SMILES string of the molecule is NC(CNC(=O)Nc1cc(Cl)cc(Cl)c1)C1CC1. The highest BCUT2D eigenvalue weighted by Gasteiger charge is 2.28. The molecule has 0 radical (unpaired) electrons. The van der Waals surface area contributed by atoms with E-state index in [9.17, 15) is 4.79 Å². The first-order valence-electron chi connectivity index (χ1n) is 5.81. The summed E-state index contributed by atoms with van der Waals surface area (Å²) in [6, 6.07) is 4.61. The lowest BCUT2D eigenvalue weighted by Gasteiger charge is -2.12. The van der Waals surface area contributed by atoms with Gasteiger partial charge in [-0.05, 0) is 37.0 Å².